The summed E-state index contributed by atoms with van der Waals surface area (Å²) in [6.07, 6.45) is 8.15. The number of hydrogen-bond acceptors (Lipinski definition) is 7. The molecule has 6 aromatic rings. The van der Waals surface area contributed by atoms with Crippen molar-refractivity contribution >= 4 is 27.6 Å². The number of nitrogens with zero attached hydrogens (tertiary/aromatic N) is 6. The third-order valence-electron chi connectivity index (χ3n) is 7.09. The minimum absolute atomic E-state index is 0.201. The molecule has 9 heteroatoms. The predicted octanol–water partition coefficient (Wildman–Crippen LogP) is 5.49. The Morgan fingerprint density at radius 1 is 0.846 bits per heavy atom. The lowest BCUT2D eigenvalue weighted by Crippen LogP contribution is -2.29. The monoisotopic (exact) mass is 515 g/mol. The number of fused-ring (bicyclic) bond motifs is 2. The van der Waals surface area contributed by atoms with Crippen LogP contribution in [0.25, 0.3) is 38.6 Å². The van der Waals surface area contributed by atoms with Crippen molar-refractivity contribution in [2.24, 2.45) is 5.92 Å². The van der Waals surface area contributed by atoms with E-state index in [4.69, 9.17) is 4.98 Å². The van der Waals surface area contributed by atoms with Crippen LogP contribution >= 0.6 is 0 Å². The van der Waals surface area contributed by atoms with Crippen LogP contribution in [0.15, 0.2) is 96.6 Å². The van der Waals surface area contributed by atoms with Crippen molar-refractivity contribution in [1.82, 2.24) is 29.5 Å². The van der Waals surface area contributed by atoms with Crippen LogP contribution in [-0.2, 0) is 0 Å². The van der Waals surface area contributed by atoms with Crippen molar-refractivity contribution in [2.45, 2.75) is 18.9 Å². The second-order valence-electron chi connectivity index (χ2n) is 9.59. The van der Waals surface area contributed by atoms with E-state index in [1.807, 2.05) is 48.5 Å². The summed E-state index contributed by atoms with van der Waals surface area (Å²) < 4.78 is 16.6. The lowest BCUT2D eigenvalue weighted by atomic mass is 10.0. The molecule has 0 amide bonds. The largest absolute Gasteiger partial charge is 0.359 e. The Balaban J connectivity index is 1.48. The summed E-state index contributed by atoms with van der Waals surface area (Å²) in [5.74, 6) is 0.712. The summed E-state index contributed by atoms with van der Waals surface area (Å²) in [6.45, 7) is 0. The van der Waals surface area contributed by atoms with Gasteiger partial charge in [-0.1, -0.05) is 36.4 Å². The molecule has 3 aromatic heterocycles. The highest BCUT2D eigenvalue weighted by molar-refractivity contribution is 5.94. The van der Waals surface area contributed by atoms with Gasteiger partial charge in [-0.25, -0.2) is 29.3 Å². The number of rotatable bonds is 6. The highest BCUT2D eigenvalue weighted by Gasteiger charge is 2.37. The molecule has 0 spiro atoms. The van der Waals surface area contributed by atoms with Crippen molar-refractivity contribution in [3.63, 3.8) is 0 Å². The van der Waals surface area contributed by atoms with Crippen LogP contribution in [0, 0.1) is 11.7 Å². The first-order chi connectivity index (χ1) is 19.2. The van der Waals surface area contributed by atoms with Gasteiger partial charge >= 0.3 is 0 Å². The Morgan fingerprint density at radius 2 is 1.62 bits per heavy atom. The van der Waals surface area contributed by atoms with E-state index in [0.717, 1.165) is 18.4 Å². The quantitative estimate of drug-likeness (QED) is 0.313. The first kappa shape index (κ1) is 23.1. The van der Waals surface area contributed by atoms with Gasteiger partial charge in [-0.05, 0) is 54.7 Å². The molecule has 7 rings (SSSR count). The van der Waals surface area contributed by atoms with Gasteiger partial charge in [0, 0.05) is 18.0 Å². The zero-order valence-corrected chi connectivity index (χ0v) is 20.7. The SMILES string of the molecule is O=c1c2c(-c3cncnc3)cccc2nc([C@@H](Nc2ncnc3cccc(F)c23)C2CC2)n1-c1ccccc1. The Morgan fingerprint density at radius 3 is 2.41 bits per heavy atom. The standard InChI is InChI=1S/C30H22FN7O/c31-22-9-5-10-23-26(22)28(35-17-34-23)37-27(18-12-13-18)29-36-24-11-4-8-21(19-14-32-16-33-15-19)25(24)30(39)38(29)20-6-2-1-3-7-20/h1-11,14-18,27H,12-13H2,(H,34,35,37)/t27-/m0/s1. The molecule has 0 aliphatic heterocycles. The van der Waals surface area contributed by atoms with Crippen LogP contribution in [0.4, 0.5) is 10.2 Å². The number of para-hydroxylation sites is 1. The van der Waals surface area contributed by atoms with Crippen LogP contribution < -0.4 is 10.9 Å². The fourth-order valence-corrected chi connectivity index (χ4v) is 5.11. The smallest absolute Gasteiger partial charge is 0.266 e. The molecule has 39 heavy (non-hydrogen) atoms. The van der Waals surface area contributed by atoms with Gasteiger partial charge in [-0.2, -0.15) is 0 Å². The number of aromatic nitrogens is 6. The molecular formula is C30H22FN7O. The summed E-state index contributed by atoms with van der Waals surface area (Å²) in [5, 5.41) is 4.25. The van der Waals surface area contributed by atoms with E-state index in [9.17, 15) is 9.18 Å². The van der Waals surface area contributed by atoms with Gasteiger partial charge in [-0.3, -0.25) is 9.36 Å². The van der Waals surface area contributed by atoms with E-state index in [0.29, 0.717) is 44.7 Å². The van der Waals surface area contributed by atoms with E-state index in [-0.39, 0.29) is 17.5 Å². The number of halogens is 1. The average Bonchev–Trinajstić information content (AvgIpc) is 3.82. The summed E-state index contributed by atoms with van der Waals surface area (Å²) in [6, 6.07) is 19.4. The molecule has 1 saturated carbocycles. The van der Waals surface area contributed by atoms with Crippen molar-refractivity contribution < 1.29 is 4.39 Å². The van der Waals surface area contributed by atoms with Crippen LogP contribution in [0.5, 0.6) is 0 Å². The summed E-state index contributed by atoms with van der Waals surface area (Å²) in [5.41, 5.74) is 3.00. The molecule has 0 radical (unpaired) electrons. The van der Waals surface area contributed by atoms with Crippen LogP contribution in [0.1, 0.15) is 24.7 Å². The Labute approximate surface area is 222 Å². The van der Waals surface area contributed by atoms with Gasteiger partial charge in [0.05, 0.1) is 33.5 Å². The topological polar surface area (TPSA) is 98.5 Å². The van der Waals surface area contributed by atoms with E-state index in [1.165, 1.54) is 18.7 Å². The Kier molecular flexibility index (Phi) is 5.54. The van der Waals surface area contributed by atoms with Gasteiger partial charge in [0.1, 0.15) is 30.1 Å². The summed E-state index contributed by atoms with van der Waals surface area (Å²) in [4.78, 5) is 36.4. The fraction of sp³-hybridized carbons (Fsp3) is 0.133. The number of anilines is 1. The molecule has 190 valence electrons. The lowest BCUT2D eigenvalue weighted by molar-refractivity contribution is 0.607. The van der Waals surface area contributed by atoms with Gasteiger partial charge in [0.2, 0.25) is 0 Å². The minimum atomic E-state index is -0.410. The van der Waals surface area contributed by atoms with Gasteiger partial charge in [-0.15, -0.1) is 0 Å². The zero-order chi connectivity index (χ0) is 26.3. The molecule has 3 aromatic carbocycles. The van der Waals surface area contributed by atoms with Gasteiger partial charge in [0.25, 0.3) is 5.56 Å². The van der Waals surface area contributed by atoms with Crippen LogP contribution in [-0.4, -0.2) is 29.5 Å². The van der Waals surface area contributed by atoms with E-state index in [2.05, 4.69) is 25.3 Å². The molecule has 8 nitrogen and oxygen atoms in total. The van der Waals surface area contributed by atoms with Crippen molar-refractivity contribution in [3.05, 3.63) is 114 Å². The zero-order valence-electron chi connectivity index (χ0n) is 20.7. The Bertz CT molecular complexity index is 1880. The third-order valence-corrected chi connectivity index (χ3v) is 7.09. The van der Waals surface area contributed by atoms with Crippen molar-refractivity contribution in [2.75, 3.05) is 5.32 Å². The first-order valence-electron chi connectivity index (χ1n) is 12.7. The average molecular weight is 516 g/mol. The molecule has 1 fully saturated rings. The van der Waals surface area contributed by atoms with Crippen LogP contribution in [0.3, 0.4) is 0 Å². The first-order valence-corrected chi connectivity index (χ1v) is 12.7. The molecular weight excluding hydrogens is 493 g/mol. The lowest BCUT2D eigenvalue weighted by Gasteiger charge is -2.24. The normalized spacial score (nSPS) is 14.0. The molecule has 1 aliphatic carbocycles. The maximum Gasteiger partial charge on any atom is 0.266 e. The van der Waals surface area contributed by atoms with E-state index in [1.54, 1.807) is 29.1 Å². The molecule has 1 aliphatic rings. The molecule has 0 unspecified atom stereocenters. The van der Waals surface area contributed by atoms with E-state index < -0.39 is 5.82 Å². The highest BCUT2D eigenvalue weighted by Crippen LogP contribution is 2.43. The number of benzene rings is 3. The second-order valence-corrected chi connectivity index (χ2v) is 9.59. The molecule has 0 saturated heterocycles. The molecule has 1 N–H and O–H groups in total. The van der Waals surface area contributed by atoms with Crippen molar-refractivity contribution in [3.8, 4) is 16.8 Å². The molecule has 3 heterocycles. The number of nitrogens with one attached hydrogen (secondary N) is 1. The van der Waals surface area contributed by atoms with Crippen LogP contribution in [0.2, 0.25) is 0 Å². The number of hydrogen-bond donors (Lipinski definition) is 1. The van der Waals surface area contributed by atoms with Gasteiger partial charge < -0.3 is 5.32 Å². The maximum absolute atomic E-state index is 14.9. The second kappa shape index (κ2) is 9.36. The van der Waals surface area contributed by atoms with E-state index >= 15 is 0 Å². The predicted molar refractivity (Wildman–Crippen MR) is 147 cm³/mol. The maximum atomic E-state index is 14.9. The molecule has 0 bridgehead atoms. The van der Waals surface area contributed by atoms with Gasteiger partial charge in [0.15, 0.2) is 0 Å². The molecule has 1 atom stereocenters. The highest BCUT2D eigenvalue weighted by atomic mass is 19.1. The summed E-state index contributed by atoms with van der Waals surface area (Å²) in [7, 11) is 0. The van der Waals surface area contributed by atoms with Crippen molar-refractivity contribution in [1.29, 1.82) is 0 Å². The Hall–Kier alpha value is -5.05. The third kappa shape index (κ3) is 4.08. The summed E-state index contributed by atoms with van der Waals surface area (Å²) >= 11 is 0. The minimum Gasteiger partial charge on any atom is -0.359 e. The fourth-order valence-electron chi connectivity index (χ4n) is 5.11.